The smallest absolute Gasteiger partial charge is 0.333 e. The van der Waals surface area contributed by atoms with Crippen molar-refractivity contribution >= 4 is 5.97 Å². The molecule has 2 unspecified atom stereocenters. The zero-order valence-corrected chi connectivity index (χ0v) is 14.7. The molecule has 0 radical (unpaired) electrons. The highest BCUT2D eigenvalue weighted by Gasteiger charge is 2.47. The van der Waals surface area contributed by atoms with Gasteiger partial charge in [0.25, 0.3) is 0 Å². The van der Waals surface area contributed by atoms with Crippen LogP contribution in [0.1, 0.15) is 61.3 Å². The lowest BCUT2D eigenvalue weighted by molar-refractivity contribution is -0.158. The number of aliphatic hydroxyl groups is 1. The summed E-state index contributed by atoms with van der Waals surface area (Å²) in [7, 11) is 0. The molecule has 1 aliphatic rings. The van der Waals surface area contributed by atoms with Gasteiger partial charge in [0.2, 0.25) is 0 Å². The molecule has 1 fully saturated rings. The van der Waals surface area contributed by atoms with E-state index in [-0.39, 0.29) is 40.8 Å². The minimum Gasteiger partial charge on any atom is -0.459 e. The Morgan fingerprint density at radius 3 is 1.71 bits per heavy atom. The Hall–Kier alpha value is -0.830. The van der Waals surface area contributed by atoms with Gasteiger partial charge in [-0.05, 0) is 42.4 Å². The molecular formula is C18H32O3. The number of ether oxygens (including phenoxy) is 1. The summed E-state index contributed by atoms with van der Waals surface area (Å²) in [4.78, 5) is 11.8. The van der Waals surface area contributed by atoms with E-state index in [1.54, 1.807) is 6.92 Å². The average molecular weight is 296 g/mol. The molecule has 3 heteroatoms. The van der Waals surface area contributed by atoms with Gasteiger partial charge in [0, 0.05) is 5.57 Å². The molecule has 122 valence electrons. The molecule has 1 saturated carbocycles. The fourth-order valence-electron chi connectivity index (χ4n) is 3.30. The second-order valence-corrected chi connectivity index (χ2v) is 8.71. The lowest BCUT2D eigenvalue weighted by Crippen LogP contribution is -2.50. The summed E-state index contributed by atoms with van der Waals surface area (Å²) in [6.45, 7) is 18.2. The maximum absolute atomic E-state index is 11.8. The predicted molar refractivity (Wildman–Crippen MR) is 85.8 cm³/mol. The van der Waals surface area contributed by atoms with Crippen LogP contribution in [-0.4, -0.2) is 23.3 Å². The van der Waals surface area contributed by atoms with Crippen molar-refractivity contribution in [2.75, 3.05) is 0 Å². The molecule has 0 aliphatic heterocycles. The van der Waals surface area contributed by atoms with E-state index in [4.69, 9.17) is 4.74 Å². The van der Waals surface area contributed by atoms with Gasteiger partial charge in [-0.25, -0.2) is 4.79 Å². The molecule has 0 amide bonds. The third-order valence-electron chi connectivity index (χ3n) is 4.71. The van der Waals surface area contributed by atoms with E-state index in [2.05, 4.69) is 48.1 Å². The molecule has 0 spiro atoms. The quantitative estimate of drug-likeness (QED) is 0.620. The van der Waals surface area contributed by atoms with E-state index in [0.29, 0.717) is 5.57 Å². The van der Waals surface area contributed by atoms with Crippen LogP contribution in [-0.2, 0) is 9.53 Å². The van der Waals surface area contributed by atoms with Crippen LogP contribution < -0.4 is 0 Å². The van der Waals surface area contributed by atoms with Gasteiger partial charge in [-0.15, -0.1) is 0 Å². The maximum atomic E-state index is 11.8. The Balaban J connectivity index is 2.99. The molecule has 0 aromatic heterocycles. The SMILES string of the molecule is C=C(C)C(=O)OC1CC(C(C)(C)C)C(O)C(C(C)(C)C)C1. The van der Waals surface area contributed by atoms with E-state index in [0.717, 1.165) is 12.8 Å². The number of esters is 1. The maximum Gasteiger partial charge on any atom is 0.333 e. The Bertz CT molecular complexity index is 374. The molecule has 1 N–H and O–H groups in total. The van der Waals surface area contributed by atoms with E-state index < -0.39 is 0 Å². The number of aliphatic hydroxyl groups excluding tert-OH is 1. The highest BCUT2D eigenvalue weighted by Crippen LogP contribution is 2.47. The molecule has 1 aliphatic carbocycles. The van der Waals surface area contributed by atoms with Crippen LogP contribution in [0.2, 0.25) is 0 Å². The molecular weight excluding hydrogens is 264 g/mol. The predicted octanol–water partition coefficient (Wildman–Crippen LogP) is 3.95. The number of hydrogen-bond acceptors (Lipinski definition) is 3. The van der Waals surface area contributed by atoms with E-state index in [1.807, 2.05) is 0 Å². The fraction of sp³-hybridized carbons (Fsp3) is 0.833. The van der Waals surface area contributed by atoms with Crippen molar-refractivity contribution in [2.24, 2.45) is 22.7 Å². The summed E-state index contributed by atoms with van der Waals surface area (Å²) in [5, 5.41) is 10.8. The first-order valence-electron chi connectivity index (χ1n) is 7.88. The first-order chi connectivity index (χ1) is 9.34. The monoisotopic (exact) mass is 296 g/mol. The Kier molecular flexibility index (Phi) is 5.31. The molecule has 0 heterocycles. The zero-order chi connectivity index (χ0) is 16.6. The van der Waals surface area contributed by atoms with Crippen LogP contribution in [0.25, 0.3) is 0 Å². The summed E-state index contributed by atoms with van der Waals surface area (Å²) in [6.07, 6.45) is 0.947. The molecule has 3 nitrogen and oxygen atoms in total. The number of carbonyl (C=O) groups is 1. The highest BCUT2D eigenvalue weighted by atomic mass is 16.5. The summed E-state index contributed by atoms with van der Waals surface area (Å²) in [6, 6.07) is 0. The van der Waals surface area contributed by atoms with Gasteiger partial charge in [-0.1, -0.05) is 48.1 Å². The second-order valence-electron chi connectivity index (χ2n) is 8.71. The third kappa shape index (κ3) is 4.57. The average Bonchev–Trinajstić information content (AvgIpc) is 2.27. The Labute approximate surface area is 129 Å². The Morgan fingerprint density at radius 2 is 1.43 bits per heavy atom. The molecule has 21 heavy (non-hydrogen) atoms. The van der Waals surface area contributed by atoms with Crippen molar-refractivity contribution < 1.29 is 14.6 Å². The topological polar surface area (TPSA) is 46.5 Å². The highest BCUT2D eigenvalue weighted by molar-refractivity contribution is 5.87. The lowest BCUT2D eigenvalue weighted by atomic mass is 9.60. The zero-order valence-electron chi connectivity index (χ0n) is 14.7. The number of rotatable bonds is 2. The van der Waals surface area contributed by atoms with E-state index >= 15 is 0 Å². The first-order valence-corrected chi connectivity index (χ1v) is 7.88. The van der Waals surface area contributed by atoms with E-state index in [9.17, 15) is 9.90 Å². The van der Waals surface area contributed by atoms with Crippen LogP contribution in [0, 0.1) is 22.7 Å². The van der Waals surface area contributed by atoms with Gasteiger partial charge in [0.05, 0.1) is 6.10 Å². The van der Waals surface area contributed by atoms with Gasteiger partial charge in [0.15, 0.2) is 0 Å². The molecule has 2 atom stereocenters. The van der Waals surface area contributed by atoms with Crippen LogP contribution in [0.15, 0.2) is 12.2 Å². The van der Waals surface area contributed by atoms with Crippen LogP contribution in [0.3, 0.4) is 0 Å². The molecule has 0 saturated heterocycles. The lowest BCUT2D eigenvalue weighted by Gasteiger charge is -2.48. The minimum absolute atomic E-state index is 0.0166. The van der Waals surface area contributed by atoms with Crippen LogP contribution in [0.4, 0.5) is 0 Å². The normalized spacial score (nSPS) is 30.9. The van der Waals surface area contributed by atoms with Crippen molar-refractivity contribution in [1.29, 1.82) is 0 Å². The van der Waals surface area contributed by atoms with Gasteiger partial charge in [-0.2, -0.15) is 0 Å². The van der Waals surface area contributed by atoms with Crippen LogP contribution in [0.5, 0.6) is 0 Å². The van der Waals surface area contributed by atoms with Crippen molar-refractivity contribution in [1.82, 2.24) is 0 Å². The molecule has 1 rings (SSSR count). The fourth-order valence-corrected chi connectivity index (χ4v) is 3.30. The van der Waals surface area contributed by atoms with Crippen molar-refractivity contribution in [3.63, 3.8) is 0 Å². The largest absolute Gasteiger partial charge is 0.459 e. The van der Waals surface area contributed by atoms with Gasteiger partial charge < -0.3 is 9.84 Å². The summed E-state index contributed by atoms with van der Waals surface area (Å²) in [5.74, 6) is -0.0755. The first kappa shape index (κ1) is 18.2. The summed E-state index contributed by atoms with van der Waals surface area (Å²) < 4.78 is 5.60. The number of carbonyl (C=O) groups excluding carboxylic acids is 1. The van der Waals surface area contributed by atoms with Crippen molar-refractivity contribution in [3.8, 4) is 0 Å². The minimum atomic E-state index is -0.357. The van der Waals surface area contributed by atoms with Gasteiger partial charge in [-0.3, -0.25) is 0 Å². The van der Waals surface area contributed by atoms with Crippen molar-refractivity contribution in [2.45, 2.75) is 73.5 Å². The van der Waals surface area contributed by atoms with E-state index in [1.165, 1.54) is 0 Å². The molecule has 0 aromatic carbocycles. The Morgan fingerprint density at radius 1 is 1.05 bits per heavy atom. The summed E-state index contributed by atoms with van der Waals surface area (Å²) >= 11 is 0. The third-order valence-corrected chi connectivity index (χ3v) is 4.71. The van der Waals surface area contributed by atoms with Crippen LogP contribution >= 0.6 is 0 Å². The van der Waals surface area contributed by atoms with Gasteiger partial charge in [0.1, 0.15) is 6.10 Å². The standard InChI is InChI=1S/C18H32O3/c1-11(2)16(20)21-12-9-13(17(3,4)5)15(19)14(10-12)18(6,7)8/h12-15,19H,1,9-10H2,2-8H3. The van der Waals surface area contributed by atoms with Crippen molar-refractivity contribution in [3.05, 3.63) is 12.2 Å². The molecule has 0 bridgehead atoms. The molecule has 0 aromatic rings. The second kappa shape index (κ2) is 6.12. The summed E-state index contributed by atoms with van der Waals surface area (Å²) in [5.41, 5.74) is 0.398. The van der Waals surface area contributed by atoms with Gasteiger partial charge >= 0.3 is 5.97 Å². The number of hydrogen-bond donors (Lipinski definition) is 1.